The van der Waals surface area contributed by atoms with Crippen LogP contribution >= 0.6 is 23.7 Å². The molecule has 1 fully saturated rings. The van der Waals surface area contributed by atoms with Gasteiger partial charge in [0.25, 0.3) is 5.91 Å². The number of carbonyl (C=O) groups excluding carboxylic acids is 1. The summed E-state index contributed by atoms with van der Waals surface area (Å²) in [6, 6.07) is 10.6. The fourth-order valence-electron chi connectivity index (χ4n) is 3.65. The number of hydrogen-bond acceptors (Lipinski definition) is 3. The van der Waals surface area contributed by atoms with Crippen LogP contribution in [0.2, 0.25) is 0 Å². The van der Waals surface area contributed by atoms with Crippen LogP contribution in [0.3, 0.4) is 0 Å². The summed E-state index contributed by atoms with van der Waals surface area (Å²) in [6.07, 6.45) is 4.29. The van der Waals surface area contributed by atoms with E-state index in [-0.39, 0.29) is 24.4 Å². The third kappa shape index (κ3) is 2.98. The van der Waals surface area contributed by atoms with E-state index in [1.54, 1.807) is 11.3 Å². The maximum atomic E-state index is 13.1. The summed E-state index contributed by atoms with van der Waals surface area (Å²) >= 11 is 1.76. The lowest BCUT2D eigenvalue weighted by Crippen LogP contribution is -2.31. The van der Waals surface area contributed by atoms with Crippen LogP contribution in [0.5, 0.6) is 0 Å². The van der Waals surface area contributed by atoms with Crippen molar-refractivity contribution in [1.82, 2.24) is 4.90 Å². The standard InChI is InChI=1S/C18H20N2OS.ClH/c21-18(14-5-1-7-15-13(14)6-2-10-19-15)20-11-3-8-16(20)17-9-4-12-22-17;/h1,4-5,7,9,12,16,19H,2-3,6,8,10-11H2;1H. The van der Waals surface area contributed by atoms with E-state index in [4.69, 9.17) is 0 Å². The zero-order valence-electron chi connectivity index (χ0n) is 13.0. The molecule has 2 aliphatic rings. The van der Waals surface area contributed by atoms with Gasteiger partial charge in [-0.1, -0.05) is 12.1 Å². The van der Waals surface area contributed by atoms with E-state index in [1.807, 2.05) is 12.1 Å². The number of anilines is 1. The summed E-state index contributed by atoms with van der Waals surface area (Å²) in [4.78, 5) is 16.5. The third-order valence-electron chi connectivity index (χ3n) is 4.71. The molecule has 0 radical (unpaired) electrons. The van der Waals surface area contributed by atoms with Gasteiger partial charge in [-0.05, 0) is 54.8 Å². The van der Waals surface area contributed by atoms with Crippen molar-refractivity contribution < 1.29 is 4.79 Å². The summed E-state index contributed by atoms with van der Waals surface area (Å²) in [6.45, 7) is 1.88. The predicted molar refractivity (Wildman–Crippen MR) is 97.8 cm³/mol. The summed E-state index contributed by atoms with van der Waals surface area (Å²) < 4.78 is 0. The Labute approximate surface area is 147 Å². The highest BCUT2D eigenvalue weighted by molar-refractivity contribution is 7.10. The molecule has 5 heteroatoms. The number of hydrogen-bond donors (Lipinski definition) is 1. The van der Waals surface area contributed by atoms with Gasteiger partial charge in [-0.25, -0.2) is 0 Å². The molecular formula is C18H21ClN2OS. The minimum Gasteiger partial charge on any atom is -0.385 e. The van der Waals surface area contributed by atoms with E-state index in [0.717, 1.165) is 50.0 Å². The summed E-state index contributed by atoms with van der Waals surface area (Å²) in [5.41, 5.74) is 3.24. The van der Waals surface area contributed by atoms with E-state index in [1.165, 1.54) is 10.4 Å². The molecule has 0 saturated carbocycles. The maximum absolute atomic E-state index is 13.1. The molecule has 1 saturated heterocycles. The maximum Gasteiger partial charge on any atom is 0.254 e. The van der Waals surface area contributed by atoms with Crippen molar-refractivity contribution in [3.8, 4) is 0 Å². The van der Waals surface area contributed by atoms with Gasteiger partial charge in [0.05, 0.1) is 6.04 Å². The van der Waals surface area contributed by atoms with Gasteiger partial charge >= 0.3 is 0 Å². The Bertz CT molecular complexity index is 686. The van der Waals surface area contributed by atoms with E-state index in [9.17, 15) is 4.79 Å². The number of nitrogens with zero attached hydrogens (tertiary/aromatic N) is 1. The quantitative estimate of drug-likeness (QED) is 0.866. The Morgan fingerprint density at radius 3 is 2.96 bits per heavy atom. The zero-order valence-corrected chi connectivity index (χ0v) is 14.6. The number of rotatable bonds is 2. The molecule has 1 amide bonds. The highest BCUT2D eigenvalue weighted by Crippen LogP contribution is 2.36. The van der Waals surface area contributed by atoms with Gasteiger partial charge in [0.1, 0.15) is 0 Å². The molecule has 2 aliphatic heterocycles. The second-order valence-electron chi connectivity index (χ2n) is 6.03. The Balaban J connectivity index is 0.00000156. The van der Waals surface area contributed by atoms with Gasteiger partial charge in [-0.3, -0.25) is 4.79 Å². The van der Waals surface area contributed by atoms with Gasteiger partial charge in [0.15, 0.2) is 0 Å². The topological polar surface area (TPSA) is 32.3 Å². The molecule has 0 aliphatic carbocycles. The fourth-order valence-corrected chi connectivity index (χ4v) is 4.53. The SMILES string of the molecule is Cl.O=C(c1cccc2c1CCCN2)N1CCCC1c1cccs1. The van der Waals surface area contributed by atoms with Crippen LogP contribution in [0.4, 0.5) is 5.69 Å². The van der Waals surface area contributed by atoms with Crippen molar-refractivity contribution in [3.05, 3.63) is 51.7 Å². The number of carbonyl (C=O) groups is 1. The lowest BCUT2D eigenvalue weighted by molar-refractivity contribution is 0.0736. The highest BCUT2D eigenvalue weighted by Gasteiger charge is 2.32. The lowest BCUT2D eigenvalue weighted by atomic mass is 9.96. The van der Waals surface area contributed by atoms with Gasteiger partial charge < -0.3 is 10.2 Å². The van der Waals surface area contributed by atoms with Crippen LogP contribution in [0, 0.1) is 0 Å². The molecule has 4 rings (SSSR count). The summed E-state index contributed by atoms with van der Waals surface area (Å²) in [5, 5.41) is 5.52. The second kappa shape index (κ2) is 6.93. The van der Waals surface area contributed by atoms with Gasteiger partial charge in [0.2, 0.25) is 0 Å². The van der Waals surface area contributed by atoms with Crippen molar-refractivity contribution in [1.29, 1.82) is 0 Å². The Morgan fingerprint density at radius 1 is 1.22 bits per heavy atom. The minimum atomic E-state index is 0. The number of fused-ring (bicyclic) bond motifs is 1. The van der Waals surface area contributed by atoms with Crippen molar-refractivity contribution in [2.45, 2.75) is 31.7 Å². The Kier molecular flexibility index (Phi) is 4.93. The Hall–Kier alpha value is -1.52. The molecule has 3 nitrogen and oxygen atoms in total. The van der Waals surface area contributed by atoms with Gasteiger partial charge in [-0.15, -0.1) is 23.7 Å². The Morgan fingerprint density at radius 2 is 2.13 bits per heavy atom. The average molecular weight is 349 g/mol. The van der Waals surface area contributed by atoms with Crippen LogP contribution in [0.25, 0.3) is 0 Å². The van der Waals surface area contributed by atoms with Crippen LogP contribution in [0.1, 0.15) is 46.1 Å². The first-order chi connectivity index (χ1) is 10.8. The minimum absolute atomic E-state index is 0. The highest BCUT2D eigenvalue weighted by atomic mass is 35.5. The van der Waals surface area contributed by atoms with Crippen LogP contribution in [0.15, 0.2) is 35.7 Å². The first-order valence-corrected chi connectivity index (χ1v) is 8.93. The van der Waals surface area contributed by atoms with Crippen molar-refractivity contribution in [2.75, 3.05) is 18.4 Å². The molecule has 23 heavy (non-hydrogen) atoms. The first kappa shape index (κ1) is 16.3. The van der Waals surface area contributed by atoms with Gasteiger partial charge in [-0.2, -0.15) is 0 Å². The zero-order chi connectivity index (χ0) is 14.9. The number of benzene rings is 1. The average Bonchev–Trinajstić information content (AvgIpc) is 3.24. The number of likely N-dealkylation sites (tertiary alicyclic amines) is 1. The molecule has 1 aromatic carbocycles. The van der Waals surface area contributed by atoms with Crippen molar-refractivity contribution in [3.63, 3.8) is 0 Å². The summed E-state index contributed by atoms with van der Waals surface area (Å²) in [5.74, 6) is 0.205. The predicted octanol–water partition coefficient (Wildman–Crippen LogP) is 4.51. The molecular weight excluding hydrogens is 328 g/mol. The molecule has 1 N–H and O–H groups in total. The molecule has 0 bridgehead atoms. The number of nitrogens with one attached hydrogen (secondary N) is 1. The molecule has 1 atom stereocenters. The van der Waals surface area contributed by atoms with Crippen molar-refractivity contribution >= 4 is 35.3 Å². The first-order valence-electron chi connectivity index (χ1n) is 8.05. The fraction of sp³-hybridized carbons (Fsp3) is 0.389. The van der Waals surface area contributed by atoms with E-state index in [2.05, 4.69) is 33.8 Å². The number of amides is 1. The third-order valence-corrected chi connectivity index (χ3v) is 5.68. The van der Waals surface area contributed by atoms with Crippen LogP contribution in [-0.4, -0.2) is 23.9 Å². The normalized spacial score (nSPS) is 19.7. The molecule has 0 spiro atoms. The van der Waals surface area contributed by atoms with Gasteiger partial charge in [0, 0.05) is 29.2 Å². The molecule has 1 unspecified atom stereocenters. The molecule has 1 aromatic heterocycles. The second-order valence-corrected chi connectivity index (χ2v) is 7.01. The van der Waals surface area contributed by atoms with Crippen LogP contribution < -0.4 is 5.32 Å². The number of halogens is 1. The lowest BCUT2D eigenvalue weighted by Gasteiger charge is -2.27. The molecule has 2 aromatic rings. The molecule has 3 heterocycles. The monoisotopic (exact) mass is 348 g/mol. The largest absolute Gasteiger partial charge is 0.385 e. The molecule has 122 valence electrons. The van der Waals surface area contributed by atoms with E-state index in [0.29, 0.717) is 0 Å². The van der Waals surface area contributed by atoms with E-state index < -0.39 is 0 Å². The van der Waals surface area contributed by atoms with Crippen molar-refractivity contribution in [2.24, 2.45) is 0 Å². The van der Waals surface area contributed by atoms with Crippen LogP contribution in [-0.2, 0) is 6.42 Å². The van der Waals surface area contributed by atoms with E-state index >= 15 is 0 Å². The number of thiophene rings is 1. The summed E-state index contributed by atoms with van der Waals surface area (Å²) in [7, 11) is 0. The smallest absolute Gasteiger partial charge is 0.254 e.